The molecule has 0 atom stereocenters. The molecule has 0 spiro atoms. The van der Waals surface area contributed by atoms with Crippen molar-refractivity contribution >= 4 is 29.9 Å². The van der Waals surface area contributed by atoms with Crippen LogP contribution in [0.15, 0.2) is 29.3 Å². The number of guanidine groups is 1. The van der Waals surface area contributed by atoms with Gasteiger partial charge in [-0.3, -0.25) is 0 Å². The van der Waals surface area contributed by atoms with Crippen molar-refractivity contribution in [2.45, 2.75) is 45.7 Å². The Morgan fingerprint density at radius 1 is 1.28 bits per heavy atom. The Hall–Kier alpha value is -1.02. The van der Waals surface area contributed by atoms with Crippen LogP contribution >= 0.6 is 24.0 Å². The summed E-state index contributed by atoms with van der Waals surface area (Å²) in [7, 11) is 1.69. The van der Waals surface area contributed by atoms with Gasteiger partial charge >= 0.3 is 0 Å². The molecule has 1 aromatic carbocycles. The number of nitrogens with one attached hydrogen (secondary N) is 2. The van der Waals surface area contributed by atoms with E-state index in [2.05, 4.69) is 35.4 Å². The Labute approximate surface area is 169 Å². The Morgan fingerprint density at radius 2 is 2.04 bits per heavy atom. The van der Waals surface area contributed by atoms with Crippen LogP contribution in [0, 0.1) is 0 Å². The molecule has 142 valence electrons. The first-order valence-corrected chi connectivity index (χ1v) is 9.15. The number of piperidine rings is 1. The fraction of sp³-hybridized carbons (Fsp3) is 0.632. The van der Waals surface area contributed by atoms with Crippen LogP contribution in [0.2, 0.25) is 0 Å². The highest BCUT2D eigenvalue weighted by molar-refractivity contribution is 14.0. The van der Waals surface area contributed by atoms with Gasteiger partial charge in [0, 0.05) is 25.7 Å². The minimum atomic E-state index is 0. The van der Waals surface area contributed by atoms with Crippen LogP contribution in [-0.4, -0.2) is 50.2 Å². The largest absolute Gasteiger partial charge is 0.497 e. The maximum atomic E-state index is 5.28. The molecule has 2 N–H and O–H groups in total. The van der Waals surface area contributed by atoms with Gasteiger partial charge in [0.15, 0.2) is 5.96 Å². The number of likely N-dealkylation sites (tertiary alicyclic amines) is 1. The van der Waals surface area contributed by atoms with Crippen LogP contribution in [0.3, 0.4) is 0 Å². The van der Waals surface area contributed by atoms with Gasteiger partial charge in [0.05, 0.1) is 13.7 Å². The lowest BCUT2D eigenvalue weighted by atomic mass is 10.1. The Morgan fingerprint density at radius 3 is 2.68 bits per heavy atom. The first-order chi connectivity index (χ1) is 11.7. The van der Waals surface area contributed by atoms with E-state index in [4.69, 9.17) is 9.73 Å². The van der Waals surface area contributed by atoms with E-state index < -0.39 is 0 Å². The van der Waals surface area contributed by atoms with E-state index in [0.29, 0.717) is 12.6 Å². The zero-order chi connectivity index (χ0) is 17.2. The minimum Gasteiger partial charge on any atom is -0.497 e. The smallest absolute Gasteiger partial charge is 0.191 e. The van der Waals surface area contributed by atoms with Crippen molar-refractivity contribution in [2.75, 3.05) is 33.3 Å². The molecule has 0 aliphatic carbocycles. The average molecular weight is 460 g/mol. The van der Waals surface area contributed by atoms with Gasteiger partial charge in [0.25, 0.3) is 0 Å². The third-order valence-electron chi connectivity index (χ3n) is 4.37. The summed E-state index contributed by atoms with van der Waals surface area (Å²) in [6.07, 6.45) is 3.61. The Bertz CT molecular complexity index is 516. The number of nitrogens with zero attached hydrogens (tertiary/aromatic N) is 2. The molecule has 1 saturated heterocycles. The van der Waals surface area contributed by atoms with Crippen molar-refractivity contribution in [3.8, 4) is 5.75 Å². The van der Waals surface area contributed by atoms with E-state index in [-0.39, 0.29) is 24.0 Å². The summed E-state index contributed by atoms with van der Waals surface area (Å²) < 4.78 is 5.28. The highest BCUT2D eigenvalue weighted by Gasteiger charge is 2.19. The molecule has 25 heavy (non-hydrogen) atoms. The van der Waals surface area contributed by atoms with Crippen molar-refractivity contribution in [3.05, 3.63) is 29.8 Å². The van der Waals surface area contributed by atoms with Crippen LogP contribution in [0.4, 0.5) is 0 Å². The zero-order valence-electron chi connectivity index (χ0n) is 15.8. The molecule has 5 nitrogen and oxygen atoms in total. The topological polar surface area (TPSA) is 48.9 Å². The molecule has 2 rings (SSSR count). The zero-order valence-corrected chi connectivity index (χ0v) is 18.1. The van der Waals surface area contributed by atoms with Crippen molar-refractivity contribution in [3.63, 3.8) is 0 Å². The number of halogens is 1. The lowest BCUT2D eigenvalue weighted by molar-refractivity contribution is 0.206. The standard InChI is InChI=1S/C19H32N4O.HI/c1-4-11-23-12-9-17(10-13-23)22-19(20-5-2)21-15-16-7-6-8-18(14-16)24-3;/h6-8,14,17H,4-5,9-13,15H2,1-3H3,(H2,20,21,22);1H. The molecule has 0 aromatic heterocycles. The minimum absolute atomic E-state index is 0. The SMILES string of the molecule is CCCN1CCC(NC(=NCc2cccc(OC)c2)NCC)CC1.I. The maximum absolute atomic E-state index is 5.28. The average Bonchev–Trinajstić information content (AvgIpc) is 2.62. The van der Waals surface area contributed by atoms with Crippen molar-refractivity contribution in [2.24, 2.45) is 4.99 Å². The number of aliphatic imine (C=N–C) groups is 1. The number of benzene rings is 1. The van der Waals surface area contributed by atoms with Gasteiger partial charge in [-0.05, 0) is 50.4 Å². The summed E-state index contributed by atoms with van der Waals surface area (Å²) in [5, 5.41) is 6.96. The molecular formula is C19H33IN4O. The lowest BCUT2D eigenvalue weighted by Gasteiger charge is -2.32. The van der Waals surface area contributed by atoms with Gasteiger partial charge in [-0.2, -0.15) is 0 Å². The Kier molecular flexibility index (Phi) is 10.9. The van der Waals surface area contributed by atoms with Crippen molar-refractivity contribution in [1.82, 2.24) is 15.5 Å². The van der Waals surface area contributed by atoms with Crippen molar-refractivity contribution < 1.29 is 4.74 Å². The second-order valence-corrected chi connectivity index (χ2v) is 6.31. The number of rotatable bonds is 7. The van der Waals surface area contributed by atoms with Gasteiger partial charge in [-0.1, -0.05) is 19.1 Å². The third-order valence-corrected chi connectivity index (χ3v) is 4.37. The number of ether oxygens (including phenoxy) is 1. The molecule has 1 heterocycles. The van der Waals surface area contributed by atoms with Crippen LogP contribution in [-0.2, 0) is 6.54 Å². The highest BCUT2D eigenvalue weighted by atomic mass is 127. The molecule has 0 radical (unpaired) electrons. The van der Waals surface area contributed by atoms with Gasteiger partial charge in [-0.15, -0.1) is 24.0 Å². The summed E-state index contributed by atoms with van der Waals surface area (Å²) in [6, 6.07) is 8.60. The first-order valence-electron chi connectivity index (χ1n) is 9.15. The van der Waals surface area contributed by atoms with Crippen LogP contribution < -0.4 is 15.4 Å². The summed E-state index contributed by atoms with van der Waals surface area (Å²) in [5.74, 6) is 1.79. The second kappa shape index (κ2) is 12.4. The van der Waals surface area contributed by atoms with E-state index in [1.165, 1.54) is 38.9 Å². The summed E-state index contributed by atoms with van der Waals surface area (Å²) >= 11 is 0. The summed E-state index contributed by atoms with van der Waals surface area (Å²) in [5.41, 5.74) is 1.16. The predicted octanol–water partition coefficient (Wildman–Crippen LogP) is 3.24. The van der Waals surface area contributed by atoms with Crippen molar-refractivity contribution in [1.29, 1.82) is 0 Å². The molecule has 0 bridgehead atoms. The second-order valence-electron chi connectivity index (χ2n) is 6.31. The first kappa shape index (κ1) is 22.0. The molecule has 0 unspecified atom stereocenters. The highest BCUT2D eigenvalue weighted by Crippen LogP contribution is 2.13. The molecule has 0 saturated carbocycles. The summed E-state index contributed by atoms with van der Waals surface area (Å²) in [4.78, 5) is 7.29. The predicted molar refractivity (Wildman–Crippen MR) is 116 cm³/mol. The van der Waals surface area contributed by atoms with Gasteiger partial charge in [0.2, 0.25) is 0 Å². The van der Waals surface area contributed by atoms with E-state index in [9.17, 15) is 0 Å². The molecule has 0 amide bonds. The third kappa shape index (κ3) is 7.81. The fourth-order valence-corrected chi connectivity index (χ4v) is 3.07. The normalized spacial score (nSPS) is 16.2. The number of methoxy groups -OCH3 is 1. The molecule has 1 aliphatic rings. The molecule has 1 aromatic rings. The van der Waals surface area contributed by atoms with Crippen LogP contribution in [0.5, 0.6) is 5.75 Å². The van der Waals surface area contributed by atoms with Gasteiger partial charge in [-0.25, -0.2) is 4.99 Å². The quantitative estimate of drug-likeness (QED) is 0.373. The van der Waals surface area contributed by atoms with Gasteiger partial charge < -0.3 is 20.3 Å². The lowest BCUT2D eigenvalue weighted by Crippen LogP contribution is -2.48. The van der Waals surface area contributed by atoms with Crippen LogP contribution in [0.25, 0.3) is 0 Å². The van der Waals surface area contributed by atoms with E-state index in [1.54, 1.807) is 7.11 Å². The van der Waals surface area contributed by atoms with E-state index in [0.717, 1.165) is 23.8 Å². The molecule has 1 fully saturated rings. The maximum Gasteiger partial charge on any atom is 0.191 e. The number of hydrogen-bond acceptors (Lipinski definition) is 3. The molecule has 1 aliphatic heterocycles. The van der Waals surface area contributed by atoms with Gasteiger partial charge in [0.1, 0.15) is 5.75 Å². The Balaban J connectivity index is 0.00000312. The molecular weight excluding hydrogens is 427 g/mol. The van der Waals surface area contributed by atoms with E-state index >= 15 is 0 Å². The molecule has 6 heteroatoms. The van der Waals surface area contributed by atoms with Crippen LogP contribution in [0.1, 0.15) is 38.7 Å². The number of hydrogen-bond donors (Lipinski definition) is 2. The van der Waals surface area contributed by atoms with E-state index in [1.807, 2.05) is 18.2 Å². The monoisotopic (exact) mass is 460 g/mol. The summed E-state index contributed by atoms with van der Waals surface area (Å²) in [6.45, 7) is 9.46. The fourth-order valence-electron chi connectivity index (χ4n) is 3.07.